The van der Waals surface area contributed by atoms with Crippen molar-refractivity contribution in [1.82, 2.24) is 0 Å². The third kappa shape index (κ3) is 4.79. The van der Waals surface area contributed by atoms with Gasteiger partial charge in [0.25, 0.3) is 0 Å². The smallest absolute Gasteiger partial charge is 0.308 e. The van der Waals surface area contributed by atoms with Gasteiger partial charge in [-0.15, -0.1) is 11.8 Å². The monoisotopic (exact) mass is 168 g/mol. The second kappa shape index (κ2) is 6.72. The molecular formula is C10H16O2. The lowest BCUT2D eigenvalue weighted by Gasteiger charge is -2.06. The van der Waals surface area contributed by atoms with E-state index >= 15 is 0 Å². The third-order valence-corrected chi connectivity index (χ3v) is 1.72. The molecule has 0 aliphatic rings. The van der Waals surface area contributed by atoms with Crippen LogP contribution in [0.15, 0.2) is 0 Å². The normalized spacial score (nSPS) is 11.2. The first-order chi connectivity index (χ1) is 5.72. The highest BCUT2D eigenvalue weighted by molar-refractivity contribution is 5.71. The summed E-state index contributed by atoms with van der Waals surface area (Å²) in [4.78, 5) is 10.9. The summed E-state index contributed by atoms with van der Waals surface area (Å²) in [6, 6.07) is 0. The molecule has 0 heterocycles. The molecule has 2 heteroatoms. The van der Waals surface area contributed by atoms with Gasteiger partial charge in [-0.05, 0) is 19.8 Å². The molecule has 0 radical (unpaired) electrons. The molecular weight excluding hydrogens is 152 g/mol. The molecule has 0 bridgehead atoms. The van der Waals surface area contributed by atoms with Crippen LogP contribution in [0.4, 0.5) is 0 Å². The molecule has 0 spiro atoms. The molecule has 0 rings (SSSR count). The standard InChI is InChI=1S/C10H16O2/c1-4-5-6-7-8-9(2)10(11)12-3/h9H,6-8H2,1-3H3. The Labute approximate surface area is 74.3 Å². The van der Waals surface area contributed by atoms with Crippen LogP contribution >= 0.6 is 0 Å². The molecule has 0 fully saturated rings. The van der Waals surface area contributed by atoms with Crippen molar-refractivity contribution in [3.05, 3.63) is 0 Å². The van der Waals surface area contributed by atoms with Gasteiger partial charge in [-0.1, -0.05) is 6.92 Å². The summed E-state index contributed by atoms with van der Waals surface area (Å²) in [5.74, 6) is 5.66. The fourth-order valence-corrected chi connectivity index (χ4v) is 0.941. The highest BCUT2D eigenvalue weighted by Gasteiger charge is 2.11. The van der Waals surface area contributed by atoms with Crippen LogP contribution in [0.2, 0.25) is 0 Å². The van der Waals surface area contributed by atoms with E-state index in [1.54, 1.807) is 0 Å². The second-order valence-corrected chi connectivity index (χ2v) is 2.74. The van der Waals surface area contributed by atoms with E-state index < -0.39 is 0 Å². The Hall–Kier alpha value is -0.970. The molecule has 0 aromatic heterocycles. The molecule has 12 heavy (non-hydrogen) atoms. The highest BCUT2D eigenvalue weighted by Crippen LogP contribution is 2.08. The molecule has 0 N–H and O–H groups in total. The first kappa shape index (κ1) is 11.0. The lowest BCUT2D eigenvalue weighted by Crippen LogP contribution is -2.12. The van der Waals surface area contributed by atoms with E-state index in [0.717, 1.165) is 19.3 Å². The molecule has 68 valence electrons. The molecule has 1 unspecified atom stereocenters. The van der Waals surface area contributed by atoms with Crippen LogP contribution in [0.5, 0.6) is 0 Å². The number of rotatable bonds is 4. The number of methoxy groups -OCH3 is 1. The Balaban J connectivity index is 3.47. The minimum absolute atomic E-state index is 0.00801. The van der Waals surface area contributed by atoms with E-state index in [-0.39, 0.29) is 11.9 Å². The number of ether oxygens (including phenoxy) is 1. The molecule has 2 nitrogen and oxygen atoms in total. The van der Waals surface area contributed by atoms with Crippen molar-refractivity contribution in [2.24, 2.45) is 5.92 Å². The summed E-state index contributed by atoms with van der Waals surface area (Å²) in [5, 5.41) is 0. The summed E-state index contributed by atoms with van der Waals surface area (Å²) in [7, 11) is 1.42. The van der Waals surface area contributed by atoms with Gasteiger partial charge in [-0.2, -0.15) is 0 Å². The average molecular weight is 168 g/mol. The Morgan fingerprint density at radius 3 is 2.75 bits per heavy atom. The number of carbonyl (C=O) groups excluding carboxylic acids is 1. The van der Waals surface area contributed by atoms with Crippen molar-refractivity contribution < 1.29 is 9.53 Å². The molecule has 0 saturated carbocycles. The van der Waals surface area contributed by atoms with Gasteiger partial charge in [0.15, 0.2) is 0 Å². The van der Waals surface area contributed by atoms with Crippen molar-refractivity contribution in [2.45, 2.75) is 33.1 Å². The summed E-state index contributed by atoms with van der Waals surface area (Å²) >= 11 is 0. The van der Waals surface area contributed by atoms with Gasteiger partial charge < -0.3 is 4.74 Å². The first-order valence-electron chi connectivity index (χ1n) is 4.19. The van der Waals surface area contributed by atoms with Crippen LogP contribution in [-0.2, 0) is 9.53 Å². The zero-order valence-corrected chi connectivity index (χ0v) is 8.02. The number of hydrogen-bond acceptors (Lipinski definition) is 2. The van der Waals surface area contributed by atoms with Crippen molar-refractivity contribution in [3.63, 3.8) is 0 Å². The maximum Gasteiger partial charge on any atom is 0.308 e. The van der Waals surface area contributed by atoms with Crippen LogP contribution < -0.4 is 0 Å². The predicted molar refractivity (Wildman–Crippen MR) is 48.5 cm³/mol. The van der Waals surface area contributed by atoms with Gasteiger partial charge in [-0.25, -0.2) is 0 Å². The van der Waals surface area contributed by atoms with E-state index in [9.17, 15) is 4.79 Å². The SMILES string of the molecule is CC#CCCCC(C)C(=O)OC. The Morgan fingerprint density at radius 1 is 1.58 bits per heavy atom. The van der Waals surface area contributed by atoms with Gasteiger partial charge in [0, 0.05) is 6.42 Å². The molecule has 0 aromatic carbocycles. The van der Waals surface area contributed by atoms with E-state index in [1.165, 1.54) is 7.11 Å². The number of unbranched alkanes of at least 4 members (excludes halogenated alkanes) is 1. The van der Waals surface area contributed by atoms with Crippen LogP contribution in [-0.4, -0.2) is 13.1 Å². The van der Waals surface area contributed by atoms with E-state index in [1.807, 2.05) is 13.8 Å². The number of hydrogen-bond donors (Lipinski definition) is 0. The molecule has 0 saturated heterocycles. The Bertz CT molecular complexity index is 186. The minimum Gasteiger partial charge on any atom is -0.469 e. The quantitative estimate of drug-likeness (QED) is 0.364. The molecule has 0 amide bonds. The topological polar surface area (TPSA) is 26.3 Å². The number of carbonyl (C=O) groups is 1. The molecule has 0 aliphatic carbocycles. The van der Waals surface area contributed by atoms with Crippen molar-refractivity contribution in [3.8, 4) is 11.8 Å². The van der Waals surface area contributed by atoms with Crippen molar-refractivity contribution in [1.29, 1.82) is 0 Å². The zero-order valence-electron chi connectivity index (χ0n) is 8.02. The first-order valence-corrected chi connectivity index (χ1v) is 4.19. The Kier molecular flexibility index (Phi) is 6.18. The maximum absolute atomic E-state index is 10.9. The lowest BCUT2D eigenvalue weighted by atomic mass is 10.0. The molecule has 1 atom stereocenters. The van der Waals surface area contributed by atoms with Gasteiger partial charge in [-0.3, -0.25) is 4.79 Å². The summed E-state index contributed by atoms with van der Waals surface area (Å²) < 4.78 is 4.59. The van der Waals surface area contributed by atoms with Gasteiger partial charge in [0.1, 0.15) is 0 Å². The molecule has 0 aromatic rings. The van der Waals surface area contributed by atoms with Gasteiger partial charge in [0.2, 0.25) is 0 Å². The van der Waals surface area contributed by atoms with Crippen molar-refractivity contribution >= 4 is 5.97 Å². The van der Waals surface area contributed by atoms with E-state index in [0.29, 0.717) is 0 Å². The summed E-state index contributed by atoms with van der Waals surface area (Å²) in [6.45, 7) is 3.70. The minimum atomic E-state index is -0.126. The number of esters is 1. The Morgan fingerprint density at radius 2 is 2.25 bits per heavy atom. The zero-order chi connectivity index (χ0) is 9.40. The average Bonchev–Trinajstić information content (AvgIpc) is 2.10. The summed E-state index contributed by atoms with van der Waals surface area (Å²) in [6.07, 6.45) is 2.70. The van der Waals surface area contributed by atoms with Crippen LogP contribution in [0.25, 0.3) is 0 Å². The van der Waals surface area contributed by atoms with E-state index in [4.69, 9.17) is 0 Å². The second-order valence-electron chi connectivity index (χ2n) is 2.74. The summed E-state index contributed by atoms with van der Waals surface area (Å²) in [5.41, 5.74) is 0. The van der Waals surface area contributed by atoms with Gasteiger partial charge >= 0.3 is 5.97 Å². The van der Waals surface area contributed by atoms with E-state index in [2.05, 4.69) is 16.6 Å². The van der Waals surface area contributed by atoms with Crippen LogP contribution in [0.1, 0.15) is 33.1 Å². The van der Waals surface area contributed by atoms with Gasteiger partial charge in [0.05, 0.1) is 13.0 Å². The van der Waals surface area contributed by atoms with Crippen LogP contribution in [0, 0.1) is 17.8 Å². The predicted octanol–water partition coefficient (Wildman–Crippen LogP) is 1.99. The fourth-order valence-electron chi connectivity index (χ4n) is 0.941. The highest BCUT2D eigenvalue weighted by atomic mass is 16.5. The lowest BCUT2D eigenvalue weighted by molar-refractivity contribution is -0.145. The maximum atomic E-state index is 10.9. The fraction of sp³-hybridized carbons (Fsp3) is 0.700. The van der Waals surface area contributed by atoms with Crippen molar-refractivity contribution in [2.75, 3.05) is 7.11 Å². The van der Waals surface area contributed by atoms with Crippen LogP contribution in [0.3, 0.4) is 0 Å². The third-order valence-electron chi connectivity index (χ3n) is 1.72. The molecule has 0 aliphatic heterocycles. The largest absolute Gasteiger partial charge is 0.469 e.